The largest absolute Gasteiger partial charge is 0.321 e. The highest BCUT2D eigenvalue weighted by atomic mass is 32.2. The lowest BCUT2D eigenvalue weighted by Crippen LogP contribution is -2.55. The summed E-state index contributed by atoms with van der Waals surface area (Å²) in [6, 6.07) is 6.14. The minimum Gasteiger partial charge on any atom is -0.321 e. The Morgan fingerprint density at radius 3 is 2.41 bits per heavy atom. The maximum atomic E-state index is 12.8. The van der Waals surface area contributed by atoms with E-state index in [2.05, 4.69) is 0 Å². The van der Waals surface area contributed by atoms with Crippen molar-refractivity contribution < 1.29 is 17.6 Å². The molecule has 1 aromatic carbocycles. The van der Waals surface area contributed by atoms with E-state index in [1.54, 1.807) is 12.1 Å². The summed E-state index contributed by atoms with van der Waals surface area (Å²) in [4.78, 5) is 0.345. The molecule has 1 aromatic rings. The lowest BCUT2D eigenvalue weighted by atomic mass is 9.70. The Morgan fingerprint density at radius 1 is 1.24 bits per heavy atom. The molecule has 0 aliphatic heterocycles. The van der Waals surface area contributed by atoms with E-state index < -0.39 is 30.1 Å². The molecular weight excluding hydrogens is 254 g/mol. The molecule has 2 rings (SSSR count). The lowest BCUT2D eigenvalue weighted by Gasteiger charge is -2.45. The first-order chi connectivity index (χ1) is 7.81. The van der Waals surface area contributed by atoms with Crippen molar-refractivity contribution >= 4 is 11.8 Å². The molecule has 1 aliphatic rings. The zero-order valence-corrected chi connectivity index (χ0v) is 9.61. The summed E-state index contributed by atoms with van der Waals surface area (Å²) >= 11 is 0.387. The molecule has 94 valence electrons. The van der Waals surface area contributed by atoms with Gasteiger partial charge in [0.2, 0.25) is 0 Å². The number of rotatable bonds is 3. The van der Waals surface area contributed by atoms with Gasteiger partial charge < -0.3 is 5.73 Å². The summed E-state index contributed by atoms with van der Waals surface area (Å²) in [6.45, 7) is 0. The monoisotopic (exact) mass is 265 g/mol. The number of alkyl halides is 4. The van der Waals surface area contributed by atoms with Gasteiger partial charge in [0.1, 0.15) is 0 Å². The Kier molecular flexibility index (Phi) is 3.12. The maximum absolute atomic E-state index is 12.8. The van der Waals surface area contributed by atoms with Crippen LogP contribution in [0.5, 0.6) is 0 Å². The minimum atomic E-state index is -2.74. The number of hydrogen-bond donors (Lipinski definition) is 1. The van der Waals surface area contributed by atoms with E-state index in [9.17, 15) is 17.6 Å². The third-order valence-corrected chi connectivity index (χ3v) is 3.49. The Balaban J connectivity index is 2.17. The molecule has 0 atom stereocenters. The molecule has 0 unspecified atom stereocenters. The van der Waals surface area contributed by atoms with Crippen LogP contribution in [0, 0.1) is 0 Å². The molecule has 0 bridgehead atoms. The summed E-state index contributed by atoms with van der Waals surface area (Å²) in [6.07, 6.45) is -0.856. The smallest absolute Gasteiger partial charge is 0.288 e. The van der Waals surface area contributed by atoms with Gasteiger partial charge in [0.05, 0.1) is 5.54 Å². The molecule has 0 spiro atoms. The van der Waals surface area contributed by atoms with Crippen LogP contribution in [0.3, 0.4) is 0 Å². The molecule has 0 aromatic heterocycles. The van der Waals surface area contributed by atoms with Gasteiger partial charge in [-0.1, -0.05) is 23.9 Å². The molecule has 6 heteroatoms. The van der Waals surface area contributed by atoms with Crippen molar-refractivity contribution in [1.29, 1.82) is 0 Å². The van der Waals surface area contributed by atoms with E-state index in [-0.39, 0.29) is 0 Å². The van der Waals surface area contributed by atoms with Crippen LogP contribution in [0.15, 0.2) is 29.2 Å². The second-order valence-electron chi connectivity index (χ2n) is 4.27. The third kappa shape index (κ3) is 2.74. The van der Waals surface area contributed by atoms with E-state index in [0.29, 0.717) is 22.2 Å². The van der Waals surface area contributed by atoms with Crippen molar-refractivity contribution in [1.82, 2.24) is 0 Å². The average Bonchev–Trinajstić information content (AvgIpc) is 2.13. The van der Waals surface area contributed by atoms with Gasteiger partial charge in [-0.3, -0.25) is 0 Å². The van der Waals surface area contributed by atoms with E-state index >= 15 is 0 Å². The molecule has 0 radical (unpaired) electrons. The highest BCUT2D eigenvalue weighted by Crippen LogP contribution is 2.50. The Labute approximate surface area is 100 Å². The molecule has 1 aliphatic carbocycles. The van der Waals surface area contributed by atoms with Gasteiger partial charge in [0, 0.05) is 17.7 Å². The number of nitrogens with two attached hydrogens (primary N) is 1. The second kappa shape index (κ2) is 4.17. The zero-order chi connectivity index (χ0) is 12.7. The molecule has 0 amide bonds. The van der Waals surface area contributed by atoms with Crippen molar-refractivity contribution in [3.63, 3.8) is 0 Å². The van der Waals surface area contributed by atoms with E-state index in [1.807, 2.05) is 0 Å². The zero-order valence-electron chi connectivity index (χ0n) is 8.80. The maximum Gasteiger partial charge on any atom is 0.288 e. The van der Waals surface area contributed by atoms with Crippen LogP contribution in [-0.4, -0.2) is 11.7 Å². The molecule has 1 nitrogen and oxygen atoms in total. The Morgan fingerprint density at radius 2 is 1.88 bits per heavy atom. The van der Waals surface area contributed by atoms with Gasteiger partial charge in [-0.15, -0.1) is 0 Å². The summed E-state index contributed by atoms with van der Waals surface area (Å²) < 4.78 is 50.0. The fourth-order valence-corrected chi connectivity index (χ4v) is 2.62. The van der Waals surface area contributed by atoms with E-state index in [1.165, 1.54) is 12.1 Å². The molecule has 0 heterocycles. The summed E-state index contributed by atoms with van der Waals surface area (Å²) in [5.41, 5.74) is 5.24. The summed E-state index contributed by atoms with van der Waals surface area (Å²) in [5, 5.41) is 0. The van der Waals surface area contributed by atoms with Crippen LogP contribution in [0.25, 0.3) is 0 Å². The highest BCUT2D eigenvalue weighted by Gasteiger charge is 2.55. The normalized spacial score (nSPS) is 21.3. The molecule has 1 saturated carbocycles. The SMILES string of the molecule is NC1(c2cccc(SC(F)F)c2)CC(F)(F)C1. The number of hydrogen-bond acceptors (Lipinski definition) is 2. The van der Waals surface area contributed by atoms with Gasteiger partial charge in [0.25, 0.3) is 11.7 Å². The average molecular weight is 265 g/mol. The fourth-order valence-electron chi connectivity index (χ4n) is 2.06. The standard InChI is InChI=1S/C11H11F4NS/c12-9(13)17-8-3-1-2-7(4-8)10(16)5-11(14,15)6-10/h1-4,9H,5-6,16H2. The minimum absolute atomic E-state index is 0.345. The van der Waals surface area contributed by atoms with Gasteiger partial charge in [-0.05, 0) is 17.7 Å². The predicted molar refractivity (Wildman–Crippen MR) is 58.3 cm³/mol. The first-order valence-electron chi connectivity index (χ1n) is 5.03. The van der Waals surface area contributed by atoms with Crippen molar-refractivity contribution in [3.8, 4) is 0 Å². The van der Waals surface area contributed by atoms with Crippen LogP contribution >= 0.6 is 11.8 Å². The van der Waals surface area contributed by atoms with Crippen molar-refractivity contribution in [2.75, 3.05) is 0 Å². The third-order valence-electron chi connectivity index (χ3n) is 2.78. The highest BCUT2D eigenvalue weighted by molar-refractivity contribution is 7.99. The molecule has 17 heavy (non-hydrogen) atoms. The van der Waals surface area contributed by atoms with Crippen molar-refractivity contribution in [3.05, 3.63) is 29.8 Å². The van der Waals surface area contributed by atoms with Crippen LogP contribution in [0.2, 0.25) is 0 Å². The summed E-state index contributed by atoms with van der Waals surface area (Å²) in [7, 11) is 0. The number of halogens is 4. The molecule has 2 N–H and O–H groups in total. The molecule has 1 fully saturated rings. The Bertz CT molecular complexity index is 414. The fraction of sp³-hybridized carbons (Fsp3) is 0.455. The summed E-state index contributed by atoms with van der Waals surface area (Å²) in [5.74, 6) is -5.26. The quantitative estimate of drug-likeness (QED) is 0.667. The first kappa shape index (κ1) is 12.7. The predicted octanol–water partition coefficient (Wildman–Crippen LogP) is 3.58. The topological polar surface area (TPSA) is 26.0 Å². The Hall–Kier alpha value is -0.750. The van der Waals surface area contributed by atoms with Crippen molar-refractivity contribution in [2.45, 2.75) is 35.0 Å². The van der Waals surface area contributed by atoms with Crippen molar-refractivity contribution in [2.24, 2.45) is 5.73 Å². The van der Waals surface area contributed by atoms with Crippen LogP contribution in [-0.2, 0) is 5.54 Å². The van der Waals surface area contributed by atoms with Crippen LogP contribution < -0.4 is 5.73 Å². The van der Waals surface area contributed by atoms with Gasteiger partial charge >= 0.3 is 0 Å². The molecular formula is C11H11F4NS. The van der Waals surface area contributed by atoms with Gasteiger partial charge in [-0.25, -0.2) is 8.78 Å². The van der Waals surface area contributed by atoms with Crippen LogP contribution in [0.4, 0.5) is 17.6 Å². The van der Waals surface area contributed by atoms with Gasteiger partial charge in [0.15, 0.2) is 0 Å². The first-order valence-corrected chi connectivity index (χ1v) is 5.91. The lowest BCUT2D eigenvalue weighted by molar-refractivity contribution is -0.125. The van der Waals surface area contributed by atoms with E-state index in [4.69, 9.17) is 5.73 Å². The molecule has 0 saturated heterocycles. The number of thioether (sulfide) groups is 1. The second-order valence-corrected chi connectivity index (χ2v) is 5.34. The van der Waals surface area contributed by atoms with E-state index in [0.717, 1.165) is 0 Å². The number of benzene rings is 1. The van der Waals surface area contributed by atoms with Gasteiger partial charge in [-0.2, -0.15) is 8.78 Å². The van der Waals surface area contributed by atoms with Crippen LogP contribution in [0.1, 0.15) is 18.4 Å².